The monoisotopic (exact) mass is 448 g/mol. The molecule has 0 saturated heterocycles. The topological polar surface area (TPSA) is 21.3 Å². The van der Waals surface area contributed by atoms with E-state index in [0.717, 1.165) is 5.70 Å². The Kier molecular flexibility index (Phi) is 7.21. The summed E-state index contributed by atoms with van der Waals surface area (Å²) < 4.78 is 6.35. The molecule has 0 spiro atoms. The van der Waals surface area contributed by atoms with Crippen LogP contribution in [0.25, 0.3) is 0 Å². The second-order valence-electron chi connectivity index (χ2n) is 9.51. The highest BCUT2D eigenvalue weighted by molar-refractivity contribution is 7.98. The third-order valence-corrected chi connectivity index (χ3v) is 14.5. The summed E-state index contributed by atoms with van der Waals surface area (Å²) in [5, 5.41) is 4.15. The van der Waals surface area contributed by atoms with Gasteiger partial charge < -0.3 is 4.53 Å². The molecule has 0 aliphatic heterocycles. The number of rotatable bonds is 7. The minimum absolute atomic E-state index is 0.144. The molecule has 3 aromatic carbocycles. The normalized spacial score (nSPS) is 13.2. The number of hydroxylamine groups is 1. The summed E-state index contributed by atoms with van der Waals surface area (Å²) in [5.41, 5.74) is 4.40. The van der Waals surface area contributed by atoms with E-state index in [-0.39, 0.29) is 5.04 Å². The Morgan fingerprint density at radius 3 is 1.42 bits per heavy atom. The molecular formula is C27H35NOPSi+. The van der Waals surface area contributed by atoms with Gasteiger partial charge in [0.15, 0.2) is 0 Å². The Bertz CT molecular complexity index is 899. The van der Waals surface area contributed by atoms with Crippen molar-refractivity contribution >= 4 is 31.5 Å². The zero-order valence-corrected chi connectivity index (χ0v) is 21.5. The van der Waals surface area contributed by atoms with E-state index in [0.29, 0.717) is 0 Å². The SMILES string of the molecule is C/C(=C\[P+](c1ccccc1)(c1ccccc1)c1ccccc1)NO[Si](C)(C)C(C)(C)C. The van der Waals surface area contributed by atoms with E-state index in [1.165, 1.54) is 15.9 Å². The van der Waals surface area contributed by atoms with Crippen LogP contribution in [0, 0.1) is 0 Å². The summed E-state index contributed by atoms with van der Waals surface area (Å²) in [6.07, 6.45) is 0. The van der Waals surface area contributed by atoms with Gasteiger partial charge in [-0.2, -0.15) is 0 Å². The van der Waals surface area contributed by atoms with Crippen molar-refractivity contribution in [1.82, 2.24) is 5.48 Å². The van der Waals surface area contributed by atoms with Crippen molar-refractivity contribution in [2.24, 2.45) is 0 Å². The summed E-state index contributed by atoms with van der Waals surface area (Å²) in [7, 11) is -3.94. The molecule has 162 valence electrons. The molecule has 0 saturated carbocycles. The Morgan fingerprint density at radius 1 is 0.742 bits per heavy atom. The summed E-state index contributed by atoms with van der Waals surface area (Å²) in [6.45, 7) is 13.4. The van der Waals surface area contributed by atoms with Gasteiger partial charge in [-0.05, 0) is 61.5 Å². The molecular weight excluding hydrogens is 413 g/mol. The summed E-state index contributed by atoms with van der Waals surface area (Å²) in [6, 6.07) is 32.6. The van der Waals surface area contributed by atoms with Crippen LogP contribution in [0.1, 0.15) is 27.7 Å². The van der Waals surface area contributed by atoms with Gasteiger partial charge in [0.05, 0.1) is 11.5 Å². The Balaban J connectivity index is 2.15. The highest BCUT2D eigenvalue weighted by Gasteiger charge is 2.44. The molecule has 4 heteroatoms. The summed E-state index contributed by atoms with van der Waals surface area (Å²) in [4.78, 5) is 0. The quantitative estimate of drug-likeness (QED) is 0.258. The van der Waals surface area contributed by atoms with E-state index < -0.39 is 15.6 Å². The van der Waals surface area contributed by atoms with E-state index in [1.54, 1.807) is 0 Å². The standard InChI is InChI=1S/C27H35NOPSi/c1-23(28-29-31(5,6)27(2,3)4)22-30(24-16-10-7-11-17-24,25-18-12-8-13-19-25)26-20-14-9-15-21-26/h7-22,28H,1-6H3/q+1/b23-22+. The van der Waals surface area contributed by atoms with Crippen molar-refractivity contribution in [1.29, 1.82) is 0 Å². The lowest BCUT2D eigenvalue weighted by molar-refractivity contribution is 0.205. The van der Waals surface area contributed by atoms with Gasteiger partial charge in [0.2, 0.25) is 8.32 Å². The van der Waals surface area contributed by atoms with Gasteiger partial charge in [-0.3, -0.25) is 5.48 Å². The summed E-state index contributed by atoms with van der Waals surface area (Å²) >= 11 is 0. The van der Waals surface area contributed by atoms with Gasteiger partial charge in [-0.1, -0.05) is 75.4 Å². The Labute approximate surface area is 189 Å². The van der Waals surface area contributed by atoms with Crippen LogP contribution >= 0.6 is 7.26 Å². The molecule has 0 fully saturated rings. The molecule has 2 nitrogen and oxygen atoms in total. The molecule has 1 N–H and O–H groups in total. The van der Waals surface area contributed by atoms with Crippen molar-refractivity contribution in [3.8, 4) is 0 Å². The van der Waals surface area contributed by atoms with Crippen molar-refractivity contribution in [2.45, 2.75) is 45.8 Å². The van der Waals surface area contributed by atoms with Gasteiger partial charge in [-0.25, -0.2) is 0 Å². The maximum absolute atomic E-state index is 6.35. The second-order valence-corrected chi connectivity index (χ2v) is 17.5. The number of benzene rings is 3. The van der Waals surface area contributed by atoms with E-state index >= 15 is 0 Å². The third kappa shape index (κ3) is 5.18. The molecule has 0 radical (unpaired) electrons. The average molecular weight is 449 g/mol. The highest BCUT2D eigenvalue weighted by atomic mass is 31.2. The third-order valence-electron chi connectivity index (χ3n) is 6.15. The van der Waals surface area contributed by atoms with Crippen LogP contribution in [0.5, 0.6) is 0 Å². The molecule has 3 aromatic rings. The molecule has 0 amide bonds. The van der Waals surface area contributed by atoms with E-state index in [9.17, 15) is 0 Å². The van der Waals surface area contributed by atoms with Gasteiger partial charge in [-0.15, -0.1) is 0 Å². The van der Waals surface area contributed by atoms with Crippen LogP contribution in [0.3, 0.4) is 0 Å². The average Bonchev–Trinajstić information content (AvgIpc) is 2.77. The molecule has 0 unspecified atom stereocenters. The highest BCUT2D eigenvalue weighted by Crippen LogP contribution is 2.57. The number of hydrogen-bond acceptors (Lipinski definition) is 2. The maximum atomic E-state index is 6.35. The second kappa shape index (κ2) is 9.52. The first-order chi connectivity index (χ1) is 14.7. The van der Waals surface area contributed by atoms with E-state index in [1.807, 2.05) is 0 Å². The molecule has 0 aliphatic rings. The number of nitrogens with one attached hydrogen (secondary N) is 1. The van der Waals surface area contributed by atoms with Gasteiger partial charge in [0.1, 0.15) is 23.2 Å². The molecule has 3 rings (SSSR count). The zero-order chi connectivity index (χ0) is 22.5. The lowest BCUT2D eigenvalue weighted by Gasteiger charge is -2.35. The zero-order valence-electron chi connectivity index (χ0n) is 19.6. The number of hydrogen-bond donors (Lipinski definition) is 1. The predicted molar refractivity (Wildman–Crippen MR) is 140 cm³/mol. The first kappa shape index (κ1) is 23.5. The van der Waals surface area contributed by atoms with E-state index in [2.05, 4.69) is 143 Å². The lowest BCUT2D eigenvalue weighted by atomic mass is 10.2. The van der Waals surface area contributed by atoms with Crippen LogP contribution < -0.4 is 21.4 Å². The molecule has 0 bridgehead atoms. The van der Waals surface area contributed by atoms with Crippen molar-refractivity contribution in [3.63, 3.8) is 0 Å². The van der Waals surface area contributed by atoms with Crippen molar-refractivity contribution in [3.05, 3.63) is 103 Å². The fourth-order valence-electron chi connectivity index (χ4n) is 3.34. The first-order valence-electron chi connectivity index (χ1n) is 10.9. The lowest BCUT2D eigenvalue weighted by Crippen LogP contribution is -2.44. The smallest absolute Gasteiger partial charge is 0.228 e. The fraction of sp³-hybridized carbons (Fsp3) is 0.259. The molecule has 0 atom stereocenters. The largest absolute Gasteiger partial charge is 0.322 e. The van der Waals surface area contributed by atoms with Crippen LogP contribution in [0.2, 0.25) is 18.1 Å². The van der Waals surface area contributed by atoms with Crippen molar-refractivity contribution in [2.75, 3.05) is 0 Å². The molecule has 0 aromatic heterocycles. The summed E-state index contributed by atoms with van der Waals surface area (Å²) in [5.74, 6) is 2.42. The fourth-order valence-corrected chi connectivity index (χ4v) is 7.96. The van der Waals surface area contributed by atoms with E-state index in [4.69, 9.17) is 4.53 Å². The molecule has 0 heterocycles. The van der Waals surface area contributed by atoms with Crippen LogP contribution in [0.15, 0.2) is 103 Å². The first-order valence-corrected chi connectivity index (χ1v) is 15.6. The maximum Gasteiger partial charge on any atom is 0.228 e. The Morgan fingerprint density at radius 2 is 1.10 bits per heavy atom. The molecule has 0 aliphatic carbocycles. The van der Waals surface area contributed by atoms with Crippen LogP contribution in [0.4, 0.5) is 0 Å². The van der Waals surface area contributed by atoms with Crippen LogP contribution in [-0.2, 0) is 4.53 Å². The van der Waals surface area contributed by atoms with Crippen LogP contribution in [-0.4, -0.2) is 8.32 Å². The number of allylic oxidation sites excluding steroid dienone is 1. The van der Waals surface area contributed by atoms with Crippen molar-refractivity contribution < 1.29 is 4.53 Å². The Hall–Kier alpha value is -2.19. The minimum atomic E-state index is -2.02. The minimum Gasteiger partial charge on any atom is -0.322 e. The van der Waals surface area contributed by atoms with Gasteiger partial charge in [0, 0.05) is 0 Å². The van der Waals surface area contributed by atoms with Gasteiger partial charge in [0.25, 0.3) is 0 Å². The van der Waals surface area contributed by atoms with Gasteiger partial charge >= 0.3 is 0 Å². The predicted octanol–water partition coefficient (Wildman–Crippen LogP) is 6.37. The molecule has 31 heavy (non-hydrogen) atoms.